The highest BCUT2D eigenvalue weighted by Gasteiger charge is 2.23. The summed E-state index contributed by atoms with van der Waals surface area (Å²) in [7, 11) is -8.42. The predicted molar refractivity (Wildman–Crippen MR) is 441 cm³/mol. The number of ether oxygens (including phenoxy) is 3. The molecule has 3 amide bonds. The number of nitrogens with zero attached hydrogens (tertiary/aromatic N) is 6. The molecule has 2 unspecified atom stereocenters. The summed E-state index contributed by atoms with van der Waals surface area (Å²) < 4.78 is 139. The Kier molecular flexibility index (Phi) is 29.3. The zero-order valence-electron chi connectivity index (χ0n) is 63.8. The second-order valence-corrected chi connectivity index (χ2v) is 38.2. The first-order valence-electron chi connectivity index (χ1n) is 35.7. The van der Waals surface area contributed by atoms with Gasteiger partial charge in [0, 0.05) is 147 Å². The number of aliphatic carboxylic acids is 2. The van der Waals surface area contributed by atoms with Gasteiger partial charge in [-0.05, 0) is 128 Å². The van der Waals surface area contributed by atoms with E-state index in [4.69, 9.17) is 24.4 Å². The van der Waals surface area contributed by atoms with E-state index in [2.05, 4.69) is 28.0 Å². The topological polar surface area (TPSA) is 332 Å². The fraction of sp³-hybridized carbons (Fsp3) is 0.226. The van der Waals surface area contributed by atoms with Crippen molar-refractivity contribution in [1.29, 1.82) is 0 Å². The molecule has 6 aromatic carbocycles. The molecule has 6 heterocycles. The summed E-state index contributed by atoms with van der Waals surface area (Å²) >= 11 is 3.21. The van der Waals surface area contributed by atoms with E-state index in [0.29, 0.717) is 59.2 Å². The number of amides is 3. The van der Waals surface area contributed by atoms with Crippen molar-refractivity contribution in [3.63, 3.8) is 0 Å². The molecule has 2 N–H and O–H groups in total. The van der Waals surface area contributed by atoms with Crippen LogP contribution in [0.4, 0.5) is 22.0 Å². The van der Waals surface area contributed by atoms with E-state index in [1.165, 1.54) is 98.1 Å². The number of fused-ring (bicyclic) bond motifs is 3. The van der Waals surface area contributed by atoms with Crippen LogP contribution in [0.15, 0.2) is 183 Å². The third-order valence-electron chi connectivity index (χ3n) is 17.0. The van der Waals surface area contributed by atoms with Crippen LogP contribution in [0.2, 0.25) is 0 Å². The third-order valence-corrected chi connectivity index (χ3v) is 24.2. The van der Waals surface area contributed by atoms with Crippen LogP contribution in [0.25, 0.3) is 30.6 Å². The number of carbonyl (C=O) groups excluding carboxylic acids is 6. The van der Waals surface area contributed by atoms with Crippen LogP contribution in [0.1, 0.15) is 105 Å². The number of Topliss-reactive ketones (excluding diaryl/α,β-unsaturated/α-hetero) is 3. The number of carbonyl (C=O) groups is 8. The smallest absolute Gasteiger partial charge is 0.303 e. The Morgan fingerprint density at radius 2 is 0.692 bits per heavy atom. The summed E-state index contributed by atoms with van der Waals surface area (Å²) in [5.74, 6) is -5.43. The number of hydrogen-bond donors (Lipinski definition) is 2. The zero-order chi connectivity index (χ0) is 84.6. The highest BCUT2D eigenvalue weighted by Crippen LogP contribution is 2.39. The Morgan fingerprint density at radius 1 is 0.376 bits per heavy atom. The maximum Gasteiger partial charge on any atom is 0.303 e. The first-order chi connectivity index (χ1) is 55.4. The van der Waals surface area contributed by atoms with Gasteiger partial charge in [-0.15, -0.1) is 34.0 Å². The molecule has 33 heteroatoms. The van der Waals surface area contributed by atoms with Crippen LogP contribution in [0.3, 0.4) is 0 Å². The summed E-state index contributed by atoms with van der Waals surface area (Å²) in [5, 5.41) is 17.5. The van der Waals surface area contributed by atoms with E-state index in [-0.39, 0.29) is 141 Å². The van der Waals surface area contributed by atoms with Crippen molar-refractivity contribution >= 4 is 141 Å². The standard InChI is InChI=1S/C29H26F2N2O6S2.C29H27FN2O6S2.C26H22F2N2O4S2/c1-17-5-8-22(30)19(12-17)14-20(34)13-18-6-7-21(15-23(18)31)39-25-9-10-32-24-16-26(40-28(24)25)29(37)33-41(2,38)11-3-4-27(35)36;1-18-5-10-23(30)20(14-18)16-21(33)15-19-6-8-22(9-7-19)38-25-11-12-31-24-17-26(39-28(24)25)29(36)32-40(2,37)13-3-4-27(34)35;1-15-4-7-20(27)17(10-15)12-18(31)11-16-5-6-19(13-21(16)28)34-23-8-9-29-22-14-24(35-25(22)23)26(32)30-36(2,3)33/h5-10,12,15-16H,3-4,11,13-14H2,1-2H3,(H,35,36);5-12,14,17H,3-4,13,15-16H2,1-2H3,(H,34,35);4-10,13-14H,11-12H2,1-3H3. The van der Waals surface area contributed by atoms with Crippen molar-refractivity contribution in [2.45, 2.75) is 85.0 Å². The molecule has 0 aliphatic heterocycles. The Morgan fingerprint density at radius 3 is 1.03 bits per heavy atom. The molecule has 0 spiro atoms. The van der Waals surface area contributed by atoms with Crippen LogP contribution in [0, 0.1) is 49.9 Å². The number of pyridine rings is 3. The zero-order valence-corrected chi connectivity index (χ0v) is 68.7. The Bertz CT molecular complexity index is 6290. The van der Waals surface area contributed by atoms with Crippen LogP contribution in [-0.2, 0) is 91.7 Å². The monoisotopic (exact) mass is 1710 g/mol. The molecule has 22 nitrogen and oxygen atoms in total. The van der Waals surface area contributed by atoms with Crippen LogP contribution in [0.5, 0.6) is 34.5 Å². The number of hydrogen-bond acceptors (Lipinski definition) is 20. The van der Waals surface area contributed by atoms with Crippen molar-refractivity contribution in [3.8, 4) is 34.5 Å². The number of halogens is 5. The maximum absolute atomic E-state index is 14.9. The van der Waals surface area contributed by atoms with Gasteiger partial charge >= 0.3 is 11.9 Å². The minimum atomic E-state index is -2.93. The van der Waals surface area contributed by atoms with E-state index in [0.717, 1.165) is 62.3 Å². The summed E-state index contributed by atoms with van der Waals surface area (Å²) in [5.41, 5.74) is 5.99. The quantitative estimate of drug-likeness (QED) is 0.0411. The lowest BCUT2D eigenvalue weighted by Crippen LogP contribution is -2.09. The SMILES string of the molecule is Cc1ccc(F)c(CC(=O)Cc2ccc(Oc3ccnc4cc(C(=O)N=S(C)(=O)CCCC(=O)O)sc34)cc2)c1.Cc1ccc(F)c(CC(=O)Cc2ccc(Oc3ccnc4cc(C(=O)N=S(C)(=O)CCCC(=O)O)sc34)cc2F)c1.Cc1ccc(F)c(CC(=O)Cc2ccc(Oc3ccnc4cc(C(=O)N=S(C)(C)=O)sc34)cc2F)c1. The van der Waals surface area contributed by atoms with Gasteiger partial charge in [0.25, 0.3) is 17.7 Å². The molecule has 2 atom stereocenters. The molecule has 117 heavy (non-hydrogen) atoms. The first kappa shape index (κ1) is 87.9. The van der Waals surface area contributed by atoms with Gasteiger partial charge in [0.1, 0.15) is 80.9 Å². The van der Waals surface area contributed by atoms with Gasteiger partial charge in [0.2, 0.25) is 0 Å². The molecule has 0 aliphatic carbocycles. The van der Waals surface area contributed by atoms with Crippen molar-refractivity contribution in [3.05, 3.63) is 264 Å². The summed E-state index contributed by atoms with van der Waals surface area (Å²) in [6, 6.07) is 38.3. The van der Waals surface area contributed by atoms with Crippen molar-refractivity contribution in [1.82, 2.24) is 15.0 Å². The van der Waals surface area contributed by atoms with Crippen LogP contribution >= 0.6 is 34.0 Å². The Balaban J connectivity index is 0.000000185. The van der Waals surface area contributed by atoms with E-state index in [1.807, 2.05) is 6.92 Å². The number of carboxylic acids is 2. The fourth-order valence-corrected chi connectivity index (χ4v) is 17.5. The van der Waals surface area contributed by atoms with Gasteiger partial charge in [0.05, 0.1) is 64.7 Å². The van der Waals surface area contributed by atoms with E-state index >= 15 is 0 Å². The van der Waals surface area contributed by atoms with Gasteiger partial charge < -0.3 is 24.4 Å². The molecule has 0 fully saturated rings. The summed E-state index contributed by atoms with van der Waals surface area (Å²) in [6.45, 7) is 5.45. The average Bonchev–Trinajstić information content (AvgIpc) is 1.69. The highest BCUT2D eigenvalue weighted by atomic mass is 32.2. The first-order valence-corrected chi connectivity index (χ1v) is 44.6. The van der Waals surface area contributed by atoms with Gasteiger partial charge in [-0.2, -0.15) is 13.1 Å². The number of rotatable bonds is 29. The molecular formula is C84H75F5N6O16S6. The number of benzene rings is 6. The fourth-order valence-electron chi connectivity index (χ4n) is 11.6. The van der Waals surface area contributed by atoms with Crippen LogP contribution in [-0.4, -0.2) is 121 Å². The summed E-state index contributed by atoms with van der Waals surface area (Å²) in [6.07, 6.45) is 9.34. The molecule has 0 aliphatic rings. The van der Waals surface area contributed by atoms with E-state index in [9.17, 15) is 72.9 Å². The molecule has 12 aromatic rings. The molecular weight excluding hydrogens is 1640 g/mol. The molecule has 608 valence electrons. The lowest BCUT2D eigenvalue weighted by atomic mass is 10.0. The second kappa shape index (κ2) is 39.0. The Labute approximate surface area is 681 Å². The molecule has 0 saturated carbocycles. The third kappa shape index (κ3) is 25.8. The van der Waals surface area contributed by atoms with Crippen molar-refractivity contribution < 1.29 is 97.4 Å². The number of carboxylic acid groups (broad SMARTS) is 2. The molecule has 0 radical (unpaired) electrons. The highest BCUT2D eigenvalue weighted by molar-refractivity contribution is 7.93. The molecule has 6 aromatic heterocycles. The number of aryl methyl sites for hydroxylation is 3. The van der Waals surface area contributed by atoms with Gasteiger partial charge in [-0.1, -0.05) is 77.4 Å². The number of thiophene rings is 3. The lowest BCUT2D eigenvalue weighted by Gasteiger charge is -2.09. The van der Waals surface area contributed by atoms with Crippen molar-refractivity contribution in [2.75, 3.05) is 36.5 Å². The lowest BCUT2D eigenvalue weighted by molar-refractivity contribution is -0.138. The van der Waals surface area contributed by atoms with E-state index in [1.54, 1.807) is 105 Å². The van der Waals surface area contributed by atoms with Gasteiger partial charge in [-0.3, -0.25) is 53.3 Å². The minimum Gasteiger partial charge on any atom is -0.481 e. The minimum absolute atomic E-state index is 0.00690. The Hall–Kier alpha value is -11.5. The molecule has 12 rings (SSSR count). The molecule has 0 bridgehead atoms. The maximum atomic E-state index is 14.9. The van der Waals surface area contributed by atoms with Crippen molar-refractivity contribution in [2.24, 2.45) is 13.1 Å². The second-order valence-electron chi connectivity index (χ2n) is 27.5. The normalized spacial score (nSPS) is 12.2. The number of aromatic nitrogens is 3. The number of ketones is 3. The van der Waals surface area contributed by atoms with Gasteiger partial charge in [-0.25, -0.2) is 34.6 Å². The van der Waals surface area contributed by atoms with E-state index < -0.39 is 87.9 Å². The summed E-state index contributed by atoms with van der Waals surface area (Å²) in [4.78, 5) is 110. The van der Waals surface area contributed by atoms with Crippen LogP contribution < -0.4 is 14.2 Å². The molecule has 0 saturated heterocycles. The predicted octanol–water partition coefficient (Wildman–Crippen LogP) is 18.0. The van der Waals surface area contributed by atoms with Gasteiger partial charge in [0.15, 0.2) is 0 Å². The average molecular weight is 1710 g/mol. The largest absolute Gasteiger partial charge is 0.481 e.